The second-order valence-electron chi connectivity index (χ2n) is 6.69. The average Bonchev–Trinajstić information content (AvgIpc) is 2.00. The Kier molecular flexibility index (Phi) is 5.09. The largest absolute Gasteiger partial charge is 0.0911 e. The van der Waals surface area contributed by atoms with Crippen LogP contribution in [0.15, 0.2) is 12.2 Å². The Morgan fingerprint density at radius 2 is 1.47 bits per heavy atom. The van der Waals surface area contributed by atoms with Crippen LogP contribution in [0.5, 0.6) is 0 Å². The Morgan fingerprint density at radius 1 is 1.00 bits per heavy atom. The molecule has 0 nitrogen and oxygen atoms in total. The molecule has 90 valence electrons. The summed E-state index contributed by atoms with van der Waals surface area (Å²) in [5, 5.41) is 0. The van der Waals surface area contributed by atoms with E-state index < -0.39 is 0 Å². The van der Waals surface area contributed by atoms with Gasteiger partial charge in [-0.2, -0.15) is 0 Å². The van der Waals surface area contributed by atoms with Crippen molar-refractivity contribution in [3.05, 3.63) is 12.2 Å². The summed E-state index contributed by atoms with van der Waals surface area (Å²) >= 11 is 0. The molecular formula is C15H30. The minimum atomic E-state index is 0.321. The zero-order chi connectivity index (χ0) is 12.3. The molecule has 0 spiro atoms. The molecule has 0 aromatic carbocycles. The van der Waals surface area contributed by atoms with Crippen molar-refractivity contribution >= 4 is 0 Å². The molecule has 1 atom stereocenters. The van der Waals surface area contributed by atoms with E-state index in [9.17, 15) is 0 Å². The van der Waals surface area contributed by atoms with Gasteiger partial charge in [0.25, 0.3) is 0 Å². The molecule has 0 aromatic heterocycles. The molecule has 0 amide bonds. The van der Waals surface area contributed by atoms with Gasteiger partial charge in [-0.1, -0.05) is 60.6 Å². The van der Waals surface area contributed by atoms with Crippen LogP contribution >= 0.6 is 0 Å². The van der Waals surface area contributed by atoms with Crippen LogP contribution in [0.3, 0.4) is 0 Å². The SMILES string of the molecule is C/C=C/C(C)(C)CC(C)(C)C(C)C(C)C. The minimum absolute atomic E-state index is 0.321. The van der Waals surface area contributed by atoms with Gasteiger partial charge in [-0.05, 0) is 36.0 Å². The third-order valence-corrected chi connectivity index (χ3v) is 3.76. The first-order chi connectivity index (χ1) is 6.62. The highest BCUT2D eigenvalue weighted by Gasteiger charge is 2.32. The lowest BCUT2D eigenvalue weighted by Gasteiger charge is -2.40. The first-order valence-electron chi connectivity index (χ1n) is 6.26. The van der Waals surface area contributed by atoms with Crippen LogP contribution in [-0.4, -0.2) is 0 Å². The van der Waals surface area contributed by atoms with Crippen molar-refractivity contribution in [2.45, 2.75) is 61.8 Å². The molecule has 0 heterocycles. The quantitative estimate of drug-likeness (QED) is 0.540. The molecule has 0 N–H and O–H groups in total. The van der Waals surface area contributed by atoms with Crippen molar-refractivity contribution in [2.24, 2.45) is 22.7 Å². The molecule has 0 saturated heterocycles. The van der Waals surface area contributed by atoms with Gasteiger partial charge in [0.15, 0.2) is 0 Å². The monoisotopic (exact) mass is 210 g/mol. The summed E-state index contributed by atoms with van der Waals surface area (Å²) in [6.45, 7) is 18.6. The summed E-state index contributed by atoms with van der Waals surface area (Å²) in [7, 11) is 0. The predicted molar refractivity (Wildman–Crippen MR) is 71.0 cm³/mol. The lowest BCUT2D eigenvalue weighted by molar-refractivity contribution is 0.120. The van der Waals surface area contributed by atoms with Crippen LogP contribution in [-0.2, 0) is 0 Å². The summed E-state index contributed by atoms with van der Waals surface area (Å²) in [5.74, 6) is 1.53. The van der Waals surface area contributed by atoms with E-state index in [2.05, 4.69) is 67.5 Å². The van der Waals surface area contributed by atoms with Gasteiger partial charge in [0, 0.05) is 0 Å². The lowest BCUT2D eigenvalue weighted by Crippen LogP contribution is -2.30. The number of hydrogen-bond acceptors (Lipinski definition) is 0. The second-order valence-corrected chi connectivity index (χ2v) is 6.69. The molecule has 0 fully saturated rings. The molecule has 0 aliphatic carbocycles. The molecule has 0 aliphatic heterocycles. The van der Waals surface area contributed by atoms with Gasteiger partial charge in [-0.25, -0.2) is 0 Å². The second kappa shape index (κ2) is 5.18. The van der Waals surface area contributed by atoms with Gasteiger partial charge in [-0.15, -0.1) is 0 Å². The van der Waals surface area contributed by atoms with Gasteiger partial charge < -0.3 is 0 Å². The minimum Gasteiger partial charge on any atom is -0.0911 e. The maximum Gasteiger partial charge on any atom is -0.0170 e. The Labute approximate surface area is 97.2 Å². The molecule has 1 unspecified atom stereocenters. The fraction of sp³-hybridized carbons (Fsp3) is 0.867. The van der Waals surface area contributed by atoms with Crippen LogP contribution in [0.2, 0.25) is 0 Å². The Morgan fingerprint density at radius 3 is 1.80 bits per heavy atom. The van der Waals surface area contributed by atoms with E-state index in [1.54, 1.807) is 0 Å². The van der Waals surface area contributed by atoms with Crippen molar-refractivity contribution in [1.82, 2.24) is 0 Å². The van der Waals surface area contributed by atoms with Gasteiger partial charge in [0.05, 0.1) is 0 Å². The molecule has 0 aliphatic rings. The molecule has 0 rings (SSSR count). The van der Waals surface area contributed by atoms with Crippen LogP contribution < -0.4 is 0 Å². The maximum absolute atomic E-state index is 2.41. The van der Waals surface area contributed by atoms with E-state index in [1.165, 1.54) is 6.42 Å². The molecular weight excluding hydrogens is 180 g/mol. The zero-order valence-electron chi connectivity index (χ0n) is 12.0. The highest BCUT2D eigenvalue weighted by molar-refractivity contribution is 4.96. The summed E-state index contributed by atoms with van der Waals surface area (Å²) in [5.41, 5.74) is 0.735. The molecule has 15 heavy (non-hydrogen) atoms. The van der Waals surface area contributed by atoms with E-state index in [0.717, 1.165) is 11.8 Å². The number of allylic oxidation sites excluding steroid dienone is 2. The van der Waals surface area contributed by atoms with Crippen molar-refractivity contribution in [3.63, 3.8) is 0 Å². The Bertz CT molecular complexity index is 206. The van der Waals surface area contributed by atoms with Gasteiger partial charge in [0.2, 0.25) is 0 Å². The summed E-state index contributed by atoms with van der Waals surface area (Å²) in [6, 6.07) is 0. The Balaban J connectivity index is 4.62. The molecule has 0 saturated carbocycles. The highest BCUT2D eigenvalue weighted by atomic mass is 14.4. The number of rotatable bonds is 5. The molecule has 0 radical (unpaired) electrons. The van der Waals surface area contributed by atoms with Gasteiger partial charge >= 0.3 is 0 Å². The van der Waals surface area contributed by atoms with Gasteiger partial charge in [0.1, 0.15) is 0 Å². The van der Waals surface area contributed by atoms with Crippen LogP contribution in [0.1, 0.15) is 61.8 Å². The molecule has 0 heteroatoms. The highest BCUT2D eigenvalue weighted by Crippen LogP contribution is 2.42. The molecule has 0 aromatic rings. The van der Waals surface area contributed by atoms with Crippen LogP contribution in [0.4, 0.5) is 0 Å². The summed E-state index contributed by atoms with van der Waals surface area (Å²) < 4.78 is 0. The van der Waals surface area contributed by atoms with Crippen LogP contribution in [0, 0.1) is 22.7 Å². The zero-order valence-corrected chi connectivity index (χ0v) is 12.0. The van der Waals surface area contributed by atoms with E-state index in [4.69, 9.17) is 0 Å². The lowest BCUT2D eigenvalue weighted by atomic mass is 9.66. The van der Waals surface area contributed by atoms with Crippen molar-refractivity contribution in [3.8, 4) is 0 Å². The van der Waals surface area contributed by atoms with E-state index in [1.807, 2.05) is 0 Å². The first-order valence-corrected chi connectivity index (χ1v) is 6.26. The number of hydrogen-bond donors (Lipinski definition) is 0. The third-order valence-electron chi connectivity index (χ3n) is 3.76. The third kappa shape index (κ3) is 4.86. The van der Waals surface area contributed by atoms with Crippen molar-refractivity contribution < 1.29 is 0 Å². The van der Waals surface area contributed by atoms with E-state index in [-0.39, 0.29) is 0 Å². The standard InChI is InChI=1S/C15H30/c1-9-10-14(5,6)11-15(7,8)13(4)12(2)3/h9-10,12-13H,11H2,1-8H3/b10-9+. The predicted octanol–water partition coefficient (Wildman–Crippen LogP) is 5.30. The van der Waals surface area contributed by atoms with E-state index in [0.29, 0.717) is 10.8 Å². The summed E-state index contributed by atoms with van der Waals surface area (Å²) in [6.07, 6.45) is 5.77. The average molecular weight is 210 g/mol. The fourth-order valence-corrected chi connectivity index (χ4v) is 2.75. The Hall–Kier alpha value is -0.260. The van der Waals surface area contributed by atoms with Crippen molar-refractivity contribution in [1.29, 1.82) is 0 Å². The van der Waals surface area contributed by atoms with E-state index >= 15 is 0 Å². The van der Waals surface area contributed by atoms with Crippen molar-refractivity contribution in [2.75, 3.05) is 0 Å². The maximum atomic E-state index is 2.41. The first kappa shape index (κ1) is 14.7. The smallest absolute Gasteiger partial charge is 0.0170 e. The topological polar surface area (TPSA) is 0 Å². The van der Waals surface area contributed by atoms with Crippen LogP contribution in [0.25, 0.3) is 0 Å². The molecule has 0 bridgehead atoms. The fourth-order valence-electron chi connectivity index (χ4n) is 2.75. The van der Waals surface area contributed by atoms with Gasteiger partial charge in [-0.3, -0.25) is 0 Å². The summed E-state index contributed by atoms with van der Waals surface area (Å²) in [4.78, 5) is 0. The normalized spacial score (nSPS) is 16.3.